The Morgan fingerprint density at radius 1 is 1.13 bits per heavy atom. The van der Waals surface area contributed by atoms with E-state index in [1.54, 1.807) is 18.3 Å². The van der Waals surface area contributed by atoms with Crippen LogP contribution in [0, 0.1) is 0 Å². The molecule has 0 aliphatic rings. The van der Waals surface area contributed by atoms with Crippen LogP contribution in [0.1, 0.15) is 30.3 Å². The lowest BCUT2D eigenvalue weighted by atomic mass is 10.1. The molecule has 0 fully saturated rings. The minimum Gasteiger partial charge on any atom is -0.312 e. The summed E-state index contributed by atoms with van der Waals surface area (Å²) in [5.74, 6) is 0.736. The number of rotatable bonds is 4. The molecule has 3 rings (SSSR count). The second-order valence-corrected chi connectivity index (χ2v) is 5.40. The predicted octanol–water partition coefficient (Wildman–Crippen LogP) is 4.45. The molecule has 0 saturated heterocycles. The lowest BCUT2D eigenvalue weighted by Gasteiger charge is -2.10. The Morgan fingerprint density at radius 3 is 2.70 bits per heavy atom. The molecule has 0 bridgehead atoms. The van der Waals surface area contributed by atoms with E-state index in [9.17, 15) is 13.2 Å². The molecule has 0 spiro atoms. The normalized spacial score (nSPS) is 12.0. The molecule has 0 N–H and O–H groups in total. The van der Waals surface area contributed by atoms with Crippen molar-refractivity contribution in [1.29, 1.82) is 0 Å². The molecule has 120 valence electrons. The van der Waals surface area contributed by atoms with Gasteiger partial charge in [0.1, 0.15) is 11.3 Å². The fourth-order valence-corrected chi connectivity index (χ4v) is 2.64. The lowest BCUT2D eigenvalue weighted by Crippen LogP contribution is -2.07. The van der Waals surface area contributed by atoms with Gasteiger partial charge in [-0.25, -0.2) is 9.97 Å². The van der Waals surface area contributed by atoms with Gasteiger partial charge in [-0.2, -0.15) is 13.2 Å². The summed E-state index contributed by atoms with van der Waals surface area (Å²) >= 11 is 0. The molecule has 0 atom stereocenters. The topological polar surface area (TPSA) is 30.7 Å². The summed E-state index contributed by atoms with van der Waals surface area (Å²) in [6, 6.07) is 9.06. The molecule has 0 aliphatic carbocycles. The molecule has 2 aromatic heterocycles. The summed E-state index contributed by atoms with van der Waals surface area (Å²) in [7, 11) is 0. The first kappa shape index (κ1) is 15.5. The van der Waals surface area contributed by atoms with E-state index in [-0.39, 0.29) is 0 Å². The minimum atomic E-state index is -4.33. The molecular formula is C17H16F3N3. The van der Waals surface area contributed by atoms with Gasteiger partial charge in [-0.05, 0) is 30.2 Å². The molecule has 2 heterocycles. The maximum absolute atomic E-state index is 12.8. The molecule has 0 radical (unpaired) electrons. The van der Waals surface area contributed by atoms with Crippen molar-refractivity contribution in [1.82, 2.24) is 14.5 Å². The van der Waals surface area contributed by atoms with Gasteiger partial charge in [0.2, 0.25) is 0 Å². The summed E-state index contributed by atoms with van der Waals surface area (Å²) < 4.78 is 40.5. The van der Waals surface area contributed by atoms with E-state index in [0.717, 1.165) is 36.0 Å². The van der Waals surface area contributed by atoms with Gasteiger partial charge in [0.05, 0.1) is 5.56 Å². The summed E-state index contributed by atoms with van der Waals surface area (Å²) in [4.78, 5) is 8.88. The highest BCUT2D eigenvalue weighted by molar-refractivity contribution is 5.71. The van der Waals surface area contributed by atoms with Crippen LogP contribution in [0.15, 0.2) is 42.6 Å². The number of aromatic nitrogens is 3. The highest BCUT2D eigenvalue weighted by atomic mass is 19.4. The minimum absolute atomic E-state index is 0.347. The highest BCUT2D eigenvalue weighted by Gasteiger charge is 2.30. The highest BCUT2D eigenvalue weighted by Crippen LogP contribution is 2.30. The predicted molar refractivity (Wildman–Crippen MR) is 82.1 cm³/mol. The molecule has 0 aliphatic heterocycles. The van der Waals surface area contributed by atoms with Crippen LogP contribution in [0.3, 0.4) is 0 Å². The molecule has 3 aromatic rings. The number of pyridine rings is 1. The van der Waals surface area contributed by atoms with Crippen molar-refractivity contribution in [3.8, 4) is 0 Å². The zero-order valence-corrected chi connectivity index (χ0v) is 12.6. The van der Waals surface area contributed by atoms with Gasteiger partial charge in [0.25, 0.3) is 0 Å². The average molecular weight is 319 g/mol. The first-order chi connectivity index (χ1) is 11.0. The van der Waals surface area contributed by atoms with Crippen molar-refractivity contribution in [3.05, 3.63) is 59.5 Å². The van der Waals surface area contributed by atoms with E-state index in [0.29, 0.717) is 12.0 Å². The summed E-state index contributed by atoms with van der Waals surface area (Å²) in [5, 5.41) is 0. The summed E-state index contributed by atoms with van der Waals surface area (Å²) in [6.07, 6.45) is -1.39. The average Bonchev–Trinajstić information content (AvgIpc) is 2.85. The summed E-state index contributed by atoms with van der Waals surface area (Å²) in [6.45, 7) is 2.78. The van der Waals surface area contributed by atoms with Crippen LogP contribution in [-0.2, 0) is 19.1 Å². The largest absolute Gasteiger partial charge is 0.416 e. The van der Waals surface area contributed by atoms with Crippen molar-refractivity contribution >= 4 is 11.2 Å². The van der Waals surface area contributed by atoms with Crippen LogP contribution in [0.2, 0.25) is 0 Å². The van der Waals surface area contributed by atoms with Gasteiger partial charge in [0.15, 0.2) is 5.65 Å². The number of alkyl halides is 3. The number of halogens is 3. The fraction of sp³-hybridized carbons (Fsp3) is 0.294. The molecule has 6 heteroatoms. The SMILES string of the molecule is CCCn1c(Cc2cccc(C(F)(F)F)c2)nc2cccnc21. The van der Waals surface area contributed by atoms with Crippen LogP contribution in [0.5, 0.6) is 0 Å². The third-order valence-electron chi connectivity index (χ3n) is 3.65. The van der Waals surface area contributed by atoms with Crippen LogP contribution in [-0.4, -0.2) is 14.5 Å². The monoisotopic (exact) mass is 319 g/mol. The Hall–Kier alpha value is -2.37. The van der Waals surface area contributed by atoms with E-state index in [1.807, 2.05) is 17.6 Å². The zero-order valence-electron chi connectivity index (χ0n) is 12.6. The standard InChI is InChI=1S/C17H16F3N3/c1-2-9-23-15(22-14-7-4-8-21-16(14)23)11-12-5-3-6-13(10-12)17(18,19)20/h3-8,10H,2,9,11H2,1H3. The van der Waals surface area contributed by atoms with Crippen molar-refractivity contribution in [2.45, 2.75) is 32.5 Å². The van der Waals surface area contributed by atoms with Gasteiger partial charge >= 0.3 is 6.18 Å². The number of aryl methyl sites for hydroxylation is 1. The maximum Gasteiger partial charge on any atom is 0.416 e. The maximum atomic E-state index is 12.8. The second kappa shape index (κ2) is 6.02. The molecule has 1 aromatic carbocycles. The Bertz CT molecular complexity index is 821. The Labute approximate surface area is 131 Å². The molecule has 0 unspecified atom stereocenters. The van der Waals surface area contributed by atoms with Crippen molar-refractivity contribution in [2.24, 2.45) is 0 Å². The van der Waals surface area contributed by atoms with Crippen molar-refractivity contribution < 1.29 is 13.2 Å². The first-order valence-corrected chi connectivity index (χ1v) is 7.45. The number of hydrogen-bond donors (Lipinski definition) is 0. The van der Waals surface area contributed by atoms with Gasteiger partial charge in [-0.1, -0.05) is 25.1 Å². The second-order valence-electron chi connectivity index (χ2n) is 5.40. The number of imidazole rings is 1. The number of benzene rings is 1. The van der Waals surface area contributed by atoms with Gasteiger partial charge in [-0.3, -0.25) is 0 Å². The molecule has 0 saturated carbocycles. The zero-order chi connectivity index (χ0) is 16.4. The van der Waals surface area contributed by atoms with E-state index >= 15 is 0 Å². The van der Waals surface area contributed by atoms with E-state index < -0.39 is 11.7 Å². The van der Waals surface area contributed by atoms with E-state index in [4.69, 9.17) is 0 Å². The van der Waals surface area contributed by atoms with Crippen LogP contribution < -0.4 is 0 Å². The molecule has 3 nitrogen and oxygen atoms in total. The molecular weight excluding hydrogens is 303 g/mol. The van der Waals surface area contributed by atoms with Crippen LogP contribution in [0.25, 0.3) is 11.2 Å². The Balaban J connectivity index is 2.00. The van der Waals surface area contributed by atoms with E-state index in [1.165, 1.54) is 12.1 Å². The lowest BCUT2D eigenvalue weighted by molar-refractivity contribution is -0.137. The fourth-order valence-electron chi connectivity index (χ4n) is 2.64. The van der Waals surface area contributed by atoms with Gasteiger partial charge in [0, 0.05) is 19.2 Å². The van der Waals surface area contributed by atoms with Crippen molar-refractivity contribution in [2.75, 3.05) is 0 Å². The van der Waals surface area contributed by atoms with Gasteiger partial charge < -0.3 is 4.57 Å². The van der Waals surface area contributed by atoms with Crippen molar-refractivity contribution in [3.63, 3.8) is 0 Å². The third kappa shape index (κ3) is 3.21. The first-order valence-electron chi connectivity index (χ1n) is 7.45. The quantitative estimate of drug-likeness (QED) is 0.711. The van der Waals surface area contributed by atoms with Crippen LogP contribution >= 0.6 is 0 Å². The summed E-state index contributed by atoms with van der Waals surface area (Å²) in [5.41, 5.74) is 1.50. The number of hydrogen-bond acceptors (Lipinski definition) is 2. The molecule has 23 heavy (non-hydrogen) atoms. The van der Waals surface area contributed by atoms with E-state index in [2.05, 4.69) is 9.97 Å². The third-order valence-corrected chi connectivity index (χ3v) is 3.65. The van der Waals surface area contributed by atoms with Gasteiger partial charge in [-0.15, -0.1) is 0 Å². The Kier molecular flexibility index (Phi) is 4.07. The van der Waals surface area contributed by atoms with Crippen LogP contribution in [0.4, 0.5) is 13.2 Å². The number of fused-ring (bicyclic) bond motifs is 1. The molecule has 0 amide bonds. The Morgan fingerprint density at radius 2 is 1.96 bits per heavy atom. The smallest absolute Gasteiger partial charge is 0.312 e. The number of nitrogens with zero attached hydrogens (tertiary/aromatic N) is 3.